The van der Waals surface area contributed by atoms with Crippen LogP contribution in [0.4, 0.5) is 15.4 Å². The predicted molar refractivity (Wildman–Crippen MR) is 128 cm³/mol. The molecule has 0 N–H and O–H groups in total. The van der Waals surface area contributed by atoms with Gasteiger partial charge in [-0.1, -0.05) is 49.7 Å². The van der Waals surface area contributed by atoms with Gasteiger partial charge in [-0.3, -0.25) is 4.90 Å². The van der Waals surface area contributed by atoms with Gasteiger partial charge in [0.1, 0.15) is 18.0 Å². The van der Waals surface area contributed by atoms with Crippen molar-refractivity contribution < 1.29 is 19.1 Å². The SMILES string of the molecule is CCCCN(C(=O)OC(C)(C)C)c1ncccc1C1CCCN1C(=O)OCc1ccccc1. The number of unbranched alkanes of at least 4 members (excludes halogenated alkanes) is 1. The van der Waals surface area contributed by atoms with Gasteiger partial charge in [-0.15, -0.1) is 0 Å². The third-order valence-electron chi connectivity index (χ3n) is 5.47. The van der Waals surface area contributed by atoms with Gasteiger partial charge in [-0.25, -0.2) is 14.6 Å². The van der Waals surface area contributed by atoms with Crippen molar-refractivity contribution in [2.75, 3.05) is 18.0 Å². The second-order valence-electron chi connectivity index (χ2n) is 9.29. The first-order valence-corrected chi connectivity index (χ1v) is 11.7. The molecule has 7 heteroatoms. The number of anilines is 1. The highest BCUT2D eigenvalue weighted by Crippen LogP contribution is 2.37. The summed E-state index contributed by atoms with van der Waals surface area (Å²) < 4.78 is 11.3. The summed E-state index contributed by atoms with van der Waals surface area (Å²) in [7, 11) is 0. The maximum absolute atomic E-state index is 13.1. The van der Waals surface area contributed by atoms with Crippen molar-refractivity contribution in [2.45, 2.75) is 71.6 Å². The van der Waals surface area contributed by atoms with Crippen LogP contribution < -0.4 is 4.90 Å². The molecule has 0 spiro atoms. The van der Waals surface area contributed by atoms with Gasteiger partial charge in [-0.2, -0.15) is 0 Å². The zero-order chi connectivity index (χ0) is 23.8. The van der Waals surface area contributed by atoms with E-state index in [0.717, 1.165) is 36.8 Å². The first-order chi connectivity index (χ1) is 15.8. The van der Waals surface area contributed by atoms with Crippen molar-refractivity contribution in [1.82, 2.24) is 9.88 Å². The van der Waals surface area contributed by atoms with Crippen LogP contribution in [-0.4, -0.2) is 40.8 Å². The number of likely N-dealkylation sites (tertiary alicyclic amines) is 1. The van der Waals surface area contributed by atoms with Crippen molar-refractivity contribution in [3.05, 3.63) is 59.8 Å². The molecule has 7 nitrogen and oxygen atoms in total. The Labute approximate surface area is 196 Å². The van der Waals surface area contributed by atoms with Gasteiger partial charge in [0.2, 0.25) is 0 Å². The van der Waals surface area contributed by atoms with Gasteiger partial charge in [-0.05, 0) is 51.7 Å². The first kappa shape index (κ1) is 24.6. The molecule has 0 saturated carbocycles. The fourth-order valence-corrected chi connectivity index (χ4v) is 3.92. The number of carbonyl (C=O) groups excluding carboxylic acids is 2. The lowest BCUT2D eigenvalue weighted by atomic mass is 10.0. The van der Waals surface area contributed by atoms with E-state index < -0.39 is 11.7 Å². The molecule has 1 aliphatic rings. The number of ether oxygens (including phenoxy) is 2. The van der Waals surface area contributed by atoms with Crippen LogP contribution in [0.2, 0.25) is 0 Å². The lowest BCUT2D eigenvalue weighted by molar-refractivity contribution is 0.0578. The fraction of sp³-hybridized carbons (Fsp3) is 0.500. The number of hydrogen-bond donors (Lipinski definition) is 0. The van der Waals surface area contributed by atoms with Crippen molar-refractivity contribution in [2.24, 2.45) is 0 Å². The summed E-state index contributed by atoms with van der Waals surface area (Å²) >= 11 is 0. The number of amides is 2. The minimum atomic E-state index is -0.614. The Kier molecular flexibility index (Phi) is 8.31. The Morgan fingerprint density at radius 1 is 1.15 bits per heavy atom. The number of hydrogen-bond acceptors (Lipinski definition) is 5. The monoisotopic (exact) mass is 453 g/mol. The molecular formula is C26H35N3O4. The van der Waals surface area contributed by atoms with Crippen LogP contribution in [0, 0.1) is 0 Å². The van der Waals surface area contributed by atoms with Gasteiger partial charge in [0.25, 0.3) is 0 Å². The van der Waals surface area contributed by atoms with Crippen LogP contribution >= 0.6 is 0 Å². The molecule has 2 amide bonds. The van der Waals surface area contributed by atoms with Crippen LogP contribution in [0.25, 0.3) is 0 Å². The van der Waals surface area contributed by atoms with E-state index in [1.54, 1.807) is 16.0 Å². The molecule has 0 aliphatic carbocycles. The Hall–Kier alpha value is -3.09. The van der Waals surface area contributed by atoms with E-state index >= 15 is 0 Å². The number of aromatic nitrogens is 1. The Morgan fingerprint density at radius 2 is 1.91 bits per heavy atom. The molecule has 178 valence electrons. The largest absolute Gasteiger partial charge is 0.445 e. The molecule has 1 aromatic heterocycles. The Bertz CT molecular complexity index is 927. The molecule has 2 aromatic rings. The minimum Gasteiger partial charge on any atom is -0.445 e. The molecule has 1 fully saturated rings. The number of pyridine rings is 1. The van der Waals surface area contributed by atoms with Crippen molar-refractivity contribution in [1.29, 1.82) is 0 Å². The van der Waals surface area contributed by atoms with Crippen molar-refractivity contribution in [3.8, 4) is 0 Å². The van der Waals surface area contributed by atoms with Gasteiger partial charge in [0.05, 0.1) is 6.04 Å². The third kappa shape index (κ3) is 6.70. The minimum absolute atomic E-state index is 0.205. The highest BCUT2D eigenvalue weighted by Gasteiger charge is 2.35. The van der Waals surface area contributed by atoms with Crippen LogP contribution in [0.5, 0.6) is 0 Å². The highest BCUT2D eigenvalue weighted by molar-refractivity contribution is 5.87. The van der Waals surface area contributed by atoms with Gasteiger partial charge >= 0.3 is 12.2 Å². The summed E-state index contributed by atoms with van der Waals surface area (Å²) in [4.78, 5) is 33.9. The summed E-state index contributed by atoms with van der Waals surface area (Å²) in [5, 5.41) is 0. The second-order valence-corrected chi connectivity index (χ2v) is 9.29. The van der Waals surface area contributed by atoms with Crippen LogP contribution in [0.3, 0.4) is 0 Å². The first-order valence-electron chi connectivity index (χ1n) is 11.7. The molecule has 1 unspecified atom stereocenters. The normalized spacial score (nSPS) is 15.9. The van der Waals surface area contributed by atoms with Crippen LogP contribution in [0.15, 0.2) is 48.7 Å². The van der Waals surface area contributed by atoms with Crippen molar-refractivity contribution >= 4 is 18.0 Å². The van der Waals surface area contributed by atoms with Gasteiger partial charge < -0.3 is 14.4 Å². The van der Waals surface area contributed by atoms with Gasteiger partial charge in [0, 0.05) is 24.8 Å². The average Bonchev–Trinajstić information content (AvgIpc) is 3.27. The second kappa shape index (κ2) is 11.2. The third-order valence-corrected chi connectivity index (χ3v) is 5.47. The lowest BCUT2D eigenvalue weighted by Gasteiger charge is -2.31. The molecule has 0 radical (unpaired) electrons. The van der Waals surface area contributed by atoms with E-state index in [1.165, 1.54) is 0 Å². The molecule has 3 rings (SSSR count). The molecular weight excluding hydrogens is 418 g/mol. The molecule has 1 atom stereocenters. The Morgan fingerprint density at radius 3 is 2.61 bits per heavy atom. The number of rotatable bonds is 7. The predicted octanol–water partition coefficient (Wildman–Crippen LogP) is 6.10. The maximum Gasteiger partial charge on any atom is 0.416 e. The van der Waals surface area contributed by atoms with E-state index in [0.29, 0.717) is 18.9 Å². The van der Waals surface area contributed by atoms with Crippen LogP contribution in [-0.2, 0) is 16.1 Å². The summed E-state index contributed by atoms with van der Waals surface area (Å²) in [6.07, 6.45) is 4.30. The molecule has 1 aliphatic heterocycles. The Balaban J connectivity index is 1.82. The zero-order valence-corrected chi connectivity index (χ0v) is 20.1. The standard InChI is InChI=1S/C26H35N3O4/c1-5-6-17-29(25(31)33-26(2,3)4)23-21(14-10-16-27-23)22-15-11-18-28(22)24(30)32-19-20-12-8-7-9-13-20/h7-10,12-14,16,22H,5-6,11,15,17-19H2,1-4H3. The topological polar surface area (TPSA) is 72.0 Å². The van der Waals surface area contributed by atoms with E-state index in [9.17, 15) is 9.59 Å². The molecule has 1 aromatic carbocycles. The van der Waals surface area contributed by atoms with E-state index in [1.807, 2.05) is 63.2 Å². The average molecular weight is 454 g/mol. The molecule has 1 saturated heterocycles. The molecule has 33 heavy (non-hydrogen) atoms. The van der Waals surface area contributed by atoms with Crippen molar-refractivity contribution in [3.63, 3.8) is 0 Å². The smallest absolute Gasteiger partial charge is 0.416 e. The van der Waals surface area contributed by atoms with Gasteiger partial charge in [0.15, 0.2) is 0 Å². The lowest BCUT2D eigenvalue weighted by Crippen LogP contribution is -2.39. The number of carbonyl (C=O) groups is 2. The van der Waals surface area contributed by atoms with Crippen LogP contribution in [0.1, 0.15) is 70.5 Å². The quantitative estimate of drug-likeness (QED) is 0.507. The number of benzene rings is 1. The highest BCUT2D eigenvalue weighted by atomic mass is 16.6. The molecule has 0 bridgehead atoms. The summed E-state index contributed by atoms with van der Waals surface area (Å²) in [6, 6.07) is 13.2. The fourth-order valence-electron chi connectivity index (χ4n) is 3.92. The maximum atomic E-state index is 13.1. The van der Waals surface area contributed by atoms with E-state index in [4.69, 9.17) is 9.47 Å². The summed E-state index contributed by atoms with van der Waals surface area (Å²) in [5.41, 5.74) is 1.17. The number of nitrogens with zero attached hydrogens (tertiary/aromatic N) is 3. The van der Waals surface area contributed by atoms with E-state index in [2.05, 4.69) is 11.9 Å². The van der Waals surface area contributed by atoms with E-state index in [-0.39, 0.29) is 18.7 Å². The summed E-state index contributed by atoms with van der Waals surface area (Å²) in [5.74, 6) is 0.549. The summed E-state index contributed by atoms with van der Waals surface area (Å²) in [6.45, 7) is 8.96. The molecule has 2 heterocycles. The zero-order valence-electron chi connectivity index (χ0n) is 20.1.